The normalized spacial score (nSPS) is 13.1. The maximum absolute atomic E-state index is 13.0. The van der Waals surface area contributed by atoms with E-state index in [9.17, 15) is 9.59 Å². The van der Waals surface area contributed by atoms with Gasteiger partial charge in [-0.05, 0) is 31.9 Å². The van der Waals surface area contributed by atoms with Gasteiger partial charge < -0.3 is 4.90 Å². The quantitative estimate of drug-likeness (QED) is 0.774. The summed E-state index contributed by atoms with van der Waals surface area (Å²) in [6, 6.07) is 9.33. The van der Waals surface area contributed by atoms with Crippen molar-refractivity contribution in [2.24, 2.45) is 0 Å². The largest absolute Gasteiger partial charge is 0.308 e. The van der Waals surface area contributed by atoms with E-state index >= 15 is 0 Å². The van der Waals surface area contributed by atoms with Gasteiger partial charge in [-0.1, -0.05) is 18.2 Å². The Balaban J connectivity index is 1.72. The summed E-state index contributed by atoms with van der Waals surface area (Å²) in [5, 5.41) is 4.25. The number of carbonyl (C=O) groups excluding carboxylic acids is 1. The standard InChI is InChI=1S/C18H17N5O2/c1-11-9-16(24)21-18(20-11)23-12(2)14(10-19-23)17(25)22-8-7-13-5-3-4-6-15(13)22/h3-6,9-10H,7-8H2,1-2H3,(H,20,21,24). The Kier molecular flexibility index (Phi) is 3.49. The predicted molar refractivity (Wildman–Crippen MR) is 93.3 cm³/mol. The number of anilines is 1. The number of aromatic amines is 1. The topological polar surface area (TPSA) is 83.9 Å². The van der Waals surface area contributed by atoms with Crippen LogP contribution in [-0.4, -0.2) is 32.2 Å². The average molecular weight is 335 g/mol. The van der Waals surface area contributed by atoms with Crippen molar-refractivity contribution in [3.63, 3.8) is 0 Å². The molecule has 0 spiro atoms. The van der Waals surface area contributed by atoms with E-state index in [1.54, 1.807) is 18.7 Å². The van der Waals surface area contributed by atoms with E-state index in [2.05, 4.69) is 15.1 Å². The number of fused-ring (bicyclic) bond motifs is 1. The monoisotopic (exact) mass is 335 g/mol. The number of rotatable bonds is 2. The van der Waals surface area contributed by atoms with Gasteiger partial charge in [-0.2, -0.15) is 5.10 Å². The van der Waals surface area contributed by atoms with Crippen molar-refractivity contribution >= 4 is 11.6 Å². The van der Waals surface area contributed by atoms with Gasteiger partial charge >= 0.3 is 0 Å². The first kappa shape index (κ1) is 15.3. The molecular formula is C18H17N5O2. The van der Waals surface area contributed by atoms with Gasteiger partial charge in [-0.15, -0.1) is 0 Å². The fourth-order valence-corrected chi connectivity index (χ4v) is 3.19. The summed E-state index contributed by atoms with van der Waals surface area (Å²) in [5.41, 5.74) is 3.60. The zero-order valence-electron chi connectivity index (χ0n) is 14.0. The molecule has 0 saturated heterocycles. The van der Waals surface area contributed by atoms with Gasteiger partial charge in [0, 0.05) is 24.0 Å². The fraction of sp³-hybridized carbons (Fsp3) is 0.222. The highest BCUT2D eigenvalue weighted by atomic mass is 16.2. The zero-order chi connectivity index (χ0) is 17.6. The minimum atomic E-state index is -0.251. The lowest BCUT2D eigenvalue weighted by molar-refractivity contribution is 0.0989. The summed E-state index contributed by atoms with van der Waals surface area (Å²) in [6.07, 6.45) is 2.38. The number of benzene rings is 1. The van der Waals surface area contributed by atoms with E-state index in [-0.39, 0.29) is 11.5 Å². The molecule has 4 rings (SSSR count). The molecule has 0 atom stereocenters. The molecule has 1 aromatic carbocycles. The van der Waals surface area contributed by atoms with Gasteiger partial charge in [-0.3, -0.25) is 14.6 Å². The van der Waals surface area contributed by atoms with Crippen LogP contribution in [0.2, 0.25) is 0 Å². The van der Waals surface area contributed by atoms with Crippen molar-refractivity contribution in [1.29, 1.82) is 0 Å². The molecule has 1 aliphatic heterocycles. The molecule has 3 aromatic rings. The first-order valence-electron chi connectivity index (χ1n) is 8.07. The van der Waals surface area contributed by atoms with Gasteiger partial charge in [0.15, 0.2) is 0 Å². The molecule has 0 fully saturated rings. The smallest absolute Gasteiger partial charge is 0.261 e. The van der Waals surface area contributed by atoms with E-state index in [0.29, 0.717) is 29.4 Å². The first-order valence-corrected chi connectivity index (χ1v) is 8.07. The van der Waals surface area contributed by atoms with Crippen LogP contribution in [0.25, 0.3) is 5.95 Å². The fourth-order valence-electron chi connectivity index (χ4n) is 3.19. The summed E-state index contributed by atoms with van der Waals surface area (Å²) in [5.74, 6) is 0.215. The molecule has 7 nitrogen and oxygen atoms in total. The maximum Gasteiger partial charge on any atom is 0.261 e. The summed E-state index contributed by atoms with van der Waals surface area (Å²) >= 11 is 0. The van der Waals surface area contributed by atoms with Crippen LogP contribution in [0.3, 0.4) is 0 Å². The van der Waals surface area contributed by atoms with E-state index in [1.165, 1.54) is 22.5 Å². The number of carbonyl (C=O) groups is 1. The molecule has 25 heavy (non-hydrogen) atoms. The van der Waals surface area contributed by atoms with Crippen LogP contribution in [0.15, 0.2) is 41.3 Å². The second kappa shape index (κ2) is 5.70. The average Bonchev–Trinajstić information content (AvgIpc) is 3.17. The Labute approximate surface area is 143 Å². The Hall–Kier alpha value is -3.22. The van der Waals surface area contributed by atoms with Crippen molar-refractivity contribution in [2.45, 2.75) is 20.3 Å². The van der Waals surface area contributed by atoms with Crippen LogP contribution in [0, 0.1) is 13.8 Å². The van der Waals surface area contributed by atoms with Crippen LogP contribution < -0.4 is 10.5 Å². The van der Waals surface area contributed by atoms with Crippen molar-refractivity contribution in [3.05, 3.63) is 69.4 Å². The Morgan fingerprint density at radius 1 is 1.24 bits per heavy atom. The maximum atomic E-state index is 13.0. The summed E-state index contributed by atoms with van der Waals surface area (Å²) in [7, 11) is 0. The van der Waals surface area contributed by atoms with Gasteiger partial charge in [0.2, 0.25) is 5.95 Å². The number of aromatic nitrogens is 4. The van der Waals surface area contributed by atoms with Crippen LogP contribution in [0.5, 0.6) is 0 Å². The van der Waals surface area contributed by atoms with Gasteiger partial charge in [0.25, 0.3) is 11.5 Å². The minimum absolute atomic E-state index is 0.0938. The first-order chi connectivity index (χ1) is 12.0. The minimum Gasteiger partial charge on any atom is -0.308 e. The number of para-hydroxylation sites is 1. The van der Waals surface area contributed by atoms with Crippen LogP contribution in [0.4, 0.5) is 5.69 Å². The van der Waals surface area contributed by atoms with Crippen LogP contribution in [-0.2, 0) is 6.42 Å². The van der Waals surface area contributed by atoms with Crippen molar-refractivity contribution < 1.29 is 4.79 Å². The van der Waals surface area contributed by atoms with E-state index in [4.69, 9.17) is 0 Å². The zero-order valence-corrected chi connectivity index (χ0v) is 14.0. The van der Waals surface area contributed by atoms with E-state index in [0.717, 1.165) is 12.1 Å². The summed E-state index contributed by atoms with van der Waals surface area (Å²) in [6.45, 7) is 4.19. The lowest BCUT2D eigenvalue weighted by Crippen LogP contribution is -2.29. The highest BCUT2D eigenvalue weighted by Gasteiger charge is 2.27. The molecule has 2 aromatic heterocycles. The molecule has 1 aliphatic rings. The molecule has 3 heterocycles. The van der Waals surface area contributed by atoms with E-state index in [1.807, 2.05) is 24.3 Å². The third kappa shape index (κ3) is 2.53. The number of hydrogen-bond acceptors (Lipinski definition) is 4. The van der Waals surface area contributed by atoms with Crippen molar-refractivity contribution in [1.82, 2.24) is 19.7 Å². The third-order valence-electron chi connectivity index (χ3n) is 4.43. The Morgan fingerprint density at radius 3 is 2.84 bits per heavy atom. The lowest BCUT2D eigenvalue weighted by atomic mass is 10.2. The molecule has 0 unspecified atom stereocenters. The SMILES string of the molecule is Cc1cc(=O)[nH]c(-n2ncc(C(=O)N3CCc4ccccc43)c2C)n1. The molecule has 0 aliphatic carbocycles. The second-order valence-corrected chi connectivity index (χ2v) is 6.10. The van der Waals surface area contributed by atoms with Crippen molar-refractivity contribution in [3.8, 4) is 5.95 Å². The number of H-pyrrole nitrogens is 1. The Bertz CT molecular complexity index is 1030. The summed E-state index contributed by atoms with van der Waals surface area (Å²) < 4.78 is 1.49. The van der Waals surface area contributed by atoms with Gasteiger partial charge in [-0.25, -0.2) is 9.67 Å². The third-order valence-corrected chi connectivity index (χ3v) is 4.43. The molecule has 1 amide bonds. The number of nitrogens with zero attached hydrogens (tertiary/aromatic N) is 4. The molecular weight excluding hydrogens is 318 g/mol. The van der Waals surface area contributed by atoms with Crippen LogP contribution >= 0.6 is 0 Å². The second-order valence-electron chi connectivity index (χ2n) is 6.10. The number of nitrogens with one attached hydrogen (secondary N) is 1. The predicted octanol–water partition coefficient (Wildman–Crippen LogP) is 1.78. The Morgan fingerprint density at radius 2 is 2.04 bits per heavy atom. The number of amides is 1. The highest BCUT2D eigenvalue weighted by molar-refractivity contribution is 6.07. The molecule has 0 saturated carbocycles. The molecule has 0 radical (unpaired) electrons. The number of aryl methyl sites for hydroxylation is 1. The molecule has 0 bridgehead atoms. The summed E-state index contributed by atoms with van der Waals surface area (Å²) in [4.78, 5) is 33.4. The molecule has 7 heteroatoms. The van der Waals surface area contributed by atoms with E-state index < -0.39 is 0 Å². The lowest BCUT2D eigenvalue weighted by Gasteiger charge is -2.17. The molecule has 126 valence electrons. The van der Waals surface area contributed by atoms with Gasteiger partial charge in [0.05, 0.1) is 17.5 Å². The molecule has 1 N–H and O–H groups in total. The number of hydrogen-bond donors (Lipinski definition) is 1. The van der Waals surface area contributed by atoms with Gasteiger partial charge in [0.1, 0.15) is 0 Å². The van der Waals surface area contributed by atoms with Crippen LogP contribution in [0.1, 0.15) is 27.3 Å². The highest BCUT2D eigenvalue weighted by Crippen LogP contribution is 2.29. The van der Waals surface area contributed by atoms with Crippen molar-refractivity contribution in [2.75, 3.05) is 11.4 Å².